The molecular weight excluding hydrogens is 286 g/mol. The minimum atomic E-state index is -0.763. The Hall–Kier alpha value is -1.20. The topological polar surface area (TPSA) is 55.1 Å². The number of carbonyl (C=O) groups excluding carboxylic acids is 1. The minimum absolute atomic E-state index is 0. The first-order valence-corrected chi connectivity index (χ1v) is 6.57. The van der Waals surface area contributed by atoms with Gasteiger partial charge in [0.15, 0.2) is 0 Å². The predicted molar refractivity (Wildman–Crippen MR) is 76.8 cm³/mol. The van der Waals surface area contributed by atoms with E-state index in [0.29, 0.717) is 0 Å². The Labute approximate surface area is 123 Å². The second-order valence-corrected chi connectivity index (χ2v) is 5.08. The van der Waals surface area contributed by atoms with Crippen LogP contribution in [0.3, 0.4) is 0 Å². The molecule has 0 spiro atoms. The van der Waals surface area contributed by atoms with Gasteiger partial charge in [-0.25, -0.2) is 8.78 Å². The Morgan fingerprint density at radius 2 is 2.00 bits per heavy atom. The van der Waals surface area contributed by atoms with Crippen molar-refractivity contribution in [3.05, 3.63) is 29.8 Å². The summed E-state index contributed by atoms with van der Waals surface area (Å²) in [6.45, 7) is 0. The van der Waals surface area contributed by atoms with Gasteiger partial charge in [0.25, 0.3) is 0 Å². The molecule has 3 N–H and O–H groups in total. The Morgan fingerprint density at radius 1 is 1.30 bits per heavy atom. The van der Waals surface area contributed by atoms with Crippen molar-refractivity contribution >= 4 is 24.0 Å². The molecule has 0 bridgehead atoms. The van der Waals surface area contributed by atoms with Crippen molar-refractivity contribution in [2.24, 2.45) is 11.7 Å². The van der Waals surface area contributed by atoms with E-state index in [2.05, 4.69) is 5.32 Å². The van der Waals surface area contributed by atoms with Crippen molar-refractivity contribution in [3.63, 3.8) is 0 Å². The van der Waals surface area contributed by atoms with Crippen LogP contribution in [0, 0.1) is 17.6 Å². The summed E-state index contributed by atoms with van der Waals surface area (Å²) in [6.07, 6.45) is 4.34. The zero-order valence-electron chi connectivity index (χ0n) is 11.1. The molecule has 2 atom stereocenters. The van der Waals surface area contributed by atoms with Gasteiger partial charge in [-0.15, -0.1) is 12.4 Å². The fourth-order valence-corrected chi connectivity index (χ4v) is 2.52. The average Bonchev–Trinajstić information content (AvgIpc) is 2.36. The summed E-state index contributed by atoms with van der Waals surface area (Å²) in [4.78, 5) is 11.8. The Balaban J connectivity index is 0.00000200. The lowest BCUT2D eigenvalue weighted by Crippen LogP contribution is -2.35. The summed E-state index contributed by atoms with van der Waals surface area (Å²) >= 11 is 0. The lowest BCUT2D eigenvalue weighted by molar-refractivity contribution is -0.117. The van der Waals surface area contributed by atoms with Gasteiger partial charge in [-0.1, -0.05) is 12.8 Å². The van der Waals surface area contributed by atoms with Gasteiger partial charge in [0.1, 0.15) is 11.6 Å². The number of nitrogens with one attached hydrogen (secondary N) is 1. The quantitative estimate of drug-likeness (QED) is 0.901. The number of benzene rings is 1. The van der Waals surface area contributed by atoms with Crippen LogP contribution in [-0.2, 0) is 4.79 Å². The van der Waals surface area contributed by atoms with E-state index in [1.54, 1.807) is 0 Å². The first kappa shape index (κ1) is 16.9. The van der Waals surface area contributed by atoms with Crippen molar-refractivity contribution in [1.29, 1.82) is 0 Å². The van der Waals surface area contributed by atoms with E-state index >= 15 is 0 Å². The molecule has 2 rings (SSSR count). The molecule has 0 aromatic heterocycles. The molecule has 1 aromatic carbocycles. The van der Waals surface area contributed by atoms with E-state index < -0.39 is 11.6 Å². The lowest BCUT2D eigenvalue weighted by Gasteiger charge is -2.27. The third kappa shape index (κ3) is 4.42. The van der Waals surface area contributed by atoms with Gasteiger partial charge in [0, 0.05) is 18.5 Å². The van der Waals surface area contributed by atoms with E-state index in [1.165, 1.54) is 6.07 Å². The fourth-order valence-electron chi connectivity index (χ4n) is 2.52. The highest BCUT2D eigenvalue weighted by Crippen LogP contribution is 2.26. The van der Waals surface area contributed by atoms with Crippen molar-refractivity contribution < 1.29 is 13.6 Å². The molecule has 2 unspecified atom stereocenters. The Bertz CT molecular complexity index is 470. The Kier molecular flexibility index (Phi) is 6.36. The minimum Gasteiger partial charge on any atom is -0.327 e. The maximum atomic E-state index is 13.4. The van der Waals surface area contributed by atoms with Crippen molar-refractivity contribution in [3.8, 4) is 0 Å². The second-order valence-electron chi connectivity index (χ2n) is 5.08. The van der Waals surface area contributed by atoms with Gasteiger partial charge < -0.3 is 11.1 Å². The number of rotatable bonds is 3. The molecule has 112 valence electrons. The zero-order chi connectivity index (χ0) is 13.8. The highest BCUT2D eigenvalue weighted by molar-refractivity contribution is 5.91. The van der Waals surface area contributed by atoms with Gasteiger partial charge in [0.05, 0.1) is 5.69 Å². The molecule has 1 aliphatic carbocycles. The zero-order valence-corrected chi connectivity index (χ0v) is 11.9. The summed E-state index contributed by atoms with van der Waals surface area (Å²) in [6, 6.07) is 3.13. The number of halogens is 3. The molecule has 1 fully saturated rings. The highest BCUT2D eigenvalue weighted by Gasteiger charge is 2.24. The number of hydrogen-bond acceptors (Lipinski definition) is 2. The van der Waals surface area contributed by atoms with Crippen molar-refractivity contribution in [2.75, 3.05) is 5.32 Å². The normalized spacial score (nSPS) is 21.9. The summed E-state index contributed by atoms with van der Waals surface area (Å²) in [5, 5.41) is 2.47. The molecule has 0 aliphatic heterocycles. The monoisotopic (exact) mass is 304 g/mol. The van der Waals surface area contributed by atoms with E-state index in [4.69, 9.17) is 5.73 Å². The molecular formula is C14H19ClF2N2O. The Morgan fingerprint density at radius 3 is 2.65 bits per heavy atom. The maximum Gasteiger partial charge on any atom is 0.224 e. The number of hydrogen-bond donors (Lipinski definition) is 2. The number of nitrogens with two attached hydrogens (primary N) is 1. The first-order chi connectivity index (χ1) is 9.06. The van der Waals surface area contributed by atoms with E-state index in [-0.39, 0.29) is 42.4 Å². The van der Waals surface area contributed by atoms with Gasteiger partial charge in [0.2, 0.25) is 5.91 Å². The van der Waals surface area contributed by atoms with Crippen LogP contribution < -0.4 is 11.1 Å². The molecule has 0 saturated heterocycles. The smallest absolute Gasteiger partial charge is 0.224 e. The van der Waals surface area contributed by atoms with Crippen LogP contribution in [0.4, 0.5) is 14.5 Å². The first-order valence-electron chi connectivity index (χ1n) is 6.57. The third-order valence-corrected chi connectivity index (χ3v) is 3.62. The van der Waals surface area contributed by atoms with Crippen molar-refractivity contribution in [1.82, 2.24) is 0 Å². The van der Waals surface area contributed by atoms with Crippen LogP contribution in [0.25, 0.3) is 0 Å². The average molecular weight is 305 g/mol. The molecule has 0 heterocycles. The summed E-state index contributed by atoms with van der Waals surface area (Å²) in [5.74, 6) is -1.55. The van der Waals surface area contributed by atoms with Gasteiger partial charge >= 0.3 is 0 Å². The van der Waals surface area contributed by atoms with Crippen LogP contribution in [0.2, 0.25) is 0 Å². The SMILES string of the molecule is Cl.NC1CCCCC1CC(=O)Nc1ccc(F)cc1F. The number of anilines is 1. The molecule has 3 nitrogen and oxygen atoms in total. The van der Waals surface area contributed by atoms with Gasteiger partial charge in [-0.05, 0) is 30.9 Å². The summed E-state index contributed by atoms with van der Waals surface area (Å²) in [7, 11) is 0. The second kappa shape index (κ2) is 7.55. The molecule has 6 heteroatoms. The molecule has 0 radical (unpaired) electrons. The molecule has 20 heavy (non-hydrogen) atoms. The number of carbonyl (C=O) groups is 1. The van der Waals surface area contributed by atoms with Gasteiger partial charge in [-0.3, -0.25) is 4.79 Å². The fraction of sp³-hybridized carbons (Fsp3) is 0.500. The van der Waals surface area contributed by atoms with Crippen LogP contribution in [-0.4, -0.2) is 11.9 Å². The van der Waals surface area contributed by atoms with Gasteiger partial charge in [-0.2, -0.15) is 0 Å². The largest absolute Gasteiger partial charge is 0.327 e. The summed E-state index contributed by atoms with van der Waals surface area (Å²) < 4.78 is 26.1. The van der Waals surface area contributed by atoms with Crippen LogP contribution >= 0.6 is 12.4 Å². The van der Waals surface area contributed by atoms with E-state index in [0.717, 1.165) is 37.8 Å². The molecule has 1 saturated carbocycles. The van der Waals surface area contributed by atoms with Crippen molar-refractivity contribution in [2.45, 2.75) is 38.1 Å². The lowest BCUT2D eigenvalue weighted by atomic mass is 9.83. The maximum absolute atomic E-state index is 13.4. The standard InChI is InChI=1S/C14H18F2N2O.ClH/c15-10-5-6-13(11(16)8-10)18-14(19)7-9-3-1-2-4-12(9)17;/h5-6,8-9,12H,1-4,7,17H2,(H,18,19);1H. The summed E-state index contributed by atoms with van der Waals surface area (Å²) in [5.41, 5.74) is 5.98. The molecule has 1 aliphatic rings. The van der Waals surface area contributed by atoms with Crippen LogP contribution in [0.1, 0.15) is 32.1 Å². The molecule has 1 amide bonds. The highest BCUT2D eigenvalue weighted by atomic mass is 35.5. The van der Waals surface area contributed by atoms with E-state index in [9.17, 15) is 13.6 Å². The molecule has 1 aromatic rings. The predicted octanol–water partition coefficient (Wildman–Crippen LogP) is 3.23. The van der Waals surface area contributed by atoms with Crippen LogP contribution in [0.5, 0.6) is 0 Å². The van der Waals surface area contributed by atoms with Crippen LogP contribution in [0.15, 0.2) is 18.2 Å². The third-order valence-electron chi connectivity index (χ3n) is 3.62. The van der Waals surface area contributed by atoms with E-state index in [1.807, 2.05) is 0 Å². The number of amides is 1.